The Balaban J connectivity index is 2.76. The van der Waals surface area contributed by atoms with Crippen LogP contribution in [-0.4, -0.2) is 12.2 Å². The first-order valence-corrected chi connectivity index (χ1v) is 6.50. The molecular weight excluding hydrogens is 292 g/mol. The predicted octanol–water partition coefficient (Wildman–Crippen LogP) is 3.93. The zero-order valence-electron chi connectivity index (χ0n) is 10.4. The van der Waals surface area contributed by atoms with Gasteiger partial charge < -0.3 is 9.84 Å². The molecule has 0 saturated heterocycles. The number of hydrogen-bond acceptors (Lipinski definition) is 2. The van der Waals surface area contributed by atoms with Crippen molar-refractivity contribution in [1.29, 1.82) is 0 Å². The molecule has 0 aromatic heterocycles. The second-order valence-electron chi connectivity index (χ2n) is 4.09. The van der Waals surface area contributed by atoms with Crippen molar-refractivity contribution in [1.82, 2.24) is 0 Å². The summed E-state index contributed by atoms with van der Waals surface area (Å²) < 4.78 is 6.36. The maximum absolute atomic E-state index is 9.51. The van der Waals surface area contributed by atoms with Gasteiger partial charge in [0.1, 0.15) is 5.75 Å². The first-order valence-electron chi connectivity index (χ1n) is 5.71. The summed E-state index contributed by atoms with van der Waals surface area (Å²) >= 11 is 3.49. The maximum Gasteiger partial charge on any atom is 0.141 e. The second kappa shape index (κ2) is 5.55. The number of aryl methyl sites for hydroxylation is 1. The summed E-state index contributed by atoms with van der Waals surface area (Å²) in [4.78, 5) is 0. The van der Waals surface area contributed by atoms with Gasteiger partial charge in [0, 0.05) is 5.56 Å². The largest absolute Gasteiger partial charge is 0.495 e. The molecule has 0 saturated carbocycles. The summed E-state index contributed by atoms with van der Waals surface area (Å²) in [5.41, 5.74) is 4.06. The fraction of sp³-hybridized carbons (Fsp3) is 0.200. The monoisotopic (exact) mass is 306 g/mol. The zero-order chi connectivity index (χ0) is 13.1. The Labute approximate surface area is 115 Å². The highest BCUT2D eigenvalue weighted by Gasteiger charge is 2.15. The standard InChI is InChI=1S/C15H15BrO2/c1-10-5-3-4-6-12(10)14-11(9-17)7-8-13(16)15(14)18-2/h3-8,17H,9H2,1-2H3. The van der Waals surface area contributed by atoms with Gasteiger partial charge in [-0.15, -0.1) is 0 Å². The third-order valence-corrected chi connectivity index (χ3v) is 3.61. The molecule has 0 unspecified atom stereocenters. The molecule has 1 N–H and O–H groups in total. The normalized spacial score (nSPS) is 10.4. The molecule has 18 heavy (non-hydrogen) atoms. The number of ether oxygens (including phenoxy) is 1. The molecule has 0 aliphatic heterocycles. The number of aliphatic hydroxyl groups excluding tert-OH is 1. The summed E-state index contributed by atoms with van der Waals surface area (Å²) in [6.45, 7) is 2.05. The number of rotatable bonds is 3. The van der Waals surface area contributed by atoms with E-state index in [1.54, 1.807) is 7.11 Å². The molecule has 2 aromatic rings. The molecule has 2 nitrogen and oxygen atoms in total. The molecule has 2 aromatic carbocycles. The number of aliphatic hydroxyl groups is 1. The molecule has 0 aliphatic carbocycles. The average Bonchev–Trinajstić information content (AvgIpc) is 2.39. The average molecular weight is 307 g/mol. The van der Waals surface area contributed by atoms with Crippen LogP contribution in [0.1, 0.15) is 11.1 Å². The molecular formula is C15H15BrO2. The minimum atomic E-state index is -0.00664. The summed E-state index contributed by atoms with van der Waals surface area (Å²) in [5, 5.41) is 9.51. The predicted molar refractivity (Wildman–Crippen MR) is 76.8 cm³/mol. The minimum absolute atomic E-state index is 0.00664. The van der Waals surface area contributed by atoms with Crippen molar-refractivity contribution in [3.05, 3.63) is 52.0 Å². The lowest BCUT2D eigenvalue weighted by Crippen LogP contribution is -1.97. The molecule has 2 rings (SSSR count). The van der Waals surface area contributed by atoms with Crippen molar-refractivity contribution in [3.63, 3.8) is 0 Å². The van der Waals surface area contributed by atoms with Gasteiger partial charge in [0.2, 0.25) is 0 Å². The van der Waals surface area contributed by atoms with E-state index >= 15 is 0 Å². The van der Waals surface area contributed by atoms with Crippen LogP contribution in [-0.2, 0) is 6.61 Å². The molecule has 0 aliphatic rings. The van der Waals surface area contributed by atoms with E-state index in [-0.39, 0.29) is 6.61 Å². The van der Waals surface area contributed by atoms with Crippen molar-refractivity contribution in [3.8, 4) is 16.9 Å². The zero-order valence-corrected chi connectivity index (χ0v) is 12.0. The van der Waals surface area contributed by atoms with Crippen molar-refractivity contribution < 1.29 is 9.84 Å². The Bertz CT molecular complexity index is 564. The summed E-state index contributed by atoms with van der Waals surface area (Å²) in [7, 11) is 1.64. The van der Waals surface area contributed by atoms with E-state index in [1.165, 1.54) is 0 Å². The van der Waals surface area contributed by atoms with Gasteiger partial charge in [-0.2, -0.15) is 0 Å². The van der Waals surface area contributed by atoms with Crippen LogP contribution in [0, 0.1) is 6.92 Å². The van der Waals surface area contributed by atoms with Crippen LogP contribution in [0.25, 0.3) is 11.1 Å². The van der Waals surface area contributed by atoms with Gasteiger partial charge >= 0.3 is 0 Å². The molecule has 0 fully saturated rings. The van der Waals surface area contributed by atoms with E-state index in [0.717, 1.165) is 32.5 Å². The van der Waals surface area contributed by atoms with Gasteiger partial charge in [-0.25, -0.2) is 0 Å². The third kappa shape index (κ3) is 2.28. The number of hydrogen-bond donors (Lipinski definition) is 1. The molecule has 94 valence electrons. The highest BCUT2D eigenvalue weighted by Crippen LogP contribution is 2.40. The quantitative estimate of drug-likeness (QED) is 0.931. The highest BCUT2D eigenvalue weighted by molar-refractivity contribution is 9.10. The fourth-order valence-corrected chi connectivity index (χ4v) is 2.57. The van der Waals surface area contributed by atoms with Gasteiger partial charge in [0.15, 0.2) is 0 Å². The lowest BCUT2D eigenvalue weighted by Gasteiger charge is -2.16. The van der Waals surface area contributed by atoms with Gasteiger partial charge in [0.25, 0.3) is 0 Å². The molecule has 0 spiro atoms. The maximum atomic E-state index is 9.51. The van der Waals surface area contributed by atoms with E-state index in [0.29, 0.717) is 0 Å². The van der Waals surface area contributed by atoms with E-state index < -0.39 is 0 Å². The van der Waals surface area contributed by atoms with E-state index in [2.05, 4.69) is 28.9 Å². The van der Waals surface area contributed by atoms with E-state index in [1.807, 2.05) is 30.3 Å². The number of halogens is 1. The second-order valence-corrected chi connectivity index (χ2v) is 4.94. The van der Waals surface area contributed by atoms with Crippen LogP contribution in [0.15, 0.2) is 40.9 Å². The van der Waals surface area contributed by atoms with Crippen LogP contribution >= 0.6 is 15.9 Å². The van der Waals surface area contributed by atoms with Crippen molar-refractivity contribution in [2.45, 2.75) is 13.5 Å². The summed E-state index contributed by atoms with van der Waals surface area (Å²) in [6.07, 6.45) is 0. The van der Waals surface area contributed by atoms with Crippen molar-refractivity contribution in [2.75, 3.05) is 7.11 Å². The Morgan fingerprint density at radius 2 is 1.89 bits per heavy atom. The fourth-order valence-electron chi connectivity index (χ4n) is 2.08. The lowest BCUT2D eigenvalue weighted by atomic mass is 9.95. The number of methoxy groups -OCH3 is 1. The summed E-state index contributed by atoms with van der Waals surface area (Å²) in [5.74, 6) is 0.760. The van der Waals surface area contributed by atoms with Crippen molar-refractivity contribution >= 4 is 15.9 Å². The first kappa shape index (κ1) is 13.1. The van der Waals surface area contributed by atoms with Crippen LogP contribution < -0.4 is 4.74 Å². The van der Waals surface area contributed by atoms with Crippen LogP contribution in [0.4, 0.5) is 0 Å². The first-order chi connectivity index (χ1) is 8.69. The van der Waals surface area contributed by atoms with Gasteiger partial charge in [0.05, 0.1) is 18.2 Å². The Morgan fingerprint density at radius 3 is 2.50 bits per heavy atom. The minimum Gasteiger partial charge on any atom is -0.495 e. The Morgan fingerprint density at radius 1 is 1.17 bits per heavy atom. The smallest absolute Gasteiger partial charge is 0.141 e. The third-order valence-electron chi connectivity index (χ3n) is 2.98. The van der Waals surface area contributed by atoms with Crippen LogP contribution in [0.2, 0.25) is 0 Å². The van der Waals surface area contributed by atoms with E-state index in [4.69, 9.17) is 4.74 Å². The lowest BCUT2D eigenvalue weighted by molar-refractivity contribution is 0.281. The molecule has 3 heteroatoms. The van der Waals surface area contributed by atoms with Gasteiger partial charge in [-0.3, -0.25) is 0 Å². The molecule has 0 atom stereocenters. The number of benzene rings is 2. The van der Waals surface area contributed by atoms with E-state index in [9.17, 15) is 5.11 Å². The highest BCUT2D eigenvalue weighted by atomic mass is 79.9. The summed E-state index contributed by atoms with van der Waals surface area (Å²) in [6, 6.07) is 11.9. The molecule has 0 amide bonds. The van der Waals surface area contributed by atoms with Gasteiger partial charge in [-0.1, -0.05) is 30.3 Å². The molecule has 0 heterocycles. The van der Waals surface area contributed by atoms with Crippen LogP contribution in [0.3, 0.4) is 0 Å². The Kier molecular flexibility index (Phi) is 4.04. The molecule has 0 bridgehead atoms. The Hall–Kier alpha value is -1.32. The van der Waals surface area contributed by atoms with Gasteiger partial charge in [-0.05, 0) is 45.6 Å². The topological polar surface area (TPSA) is 29.5 Å². The molecule has 0 radical (unpaired) electrons. The van der Waals surface area contributed by atoms with Crippen LogP contribution in [0.5, 0.6) is 5.75 Å². The SMILES string of the molecule is COc1c(Br)ccc(CO)c1-c1ccccc1C. The van der Waals surface area contributed by atoms with Crippen molar-refractivity contribution in [2.24, 2.45) is 0 Å².